The van der Waals surface area contributed by atoms with Gasteiger partial charge in [0.2, 0.25) is 0 Å². The molecule has 0 aliphatic heterocycles. The first kappa shape index (κ1) is 13.3. The third-order valence-electron chi connectivity index (χ3n) is 3.55. The molecular formula is C15H20ClNO. The molecule has 2 N–H and O–H groups in total. The van der Waals surface area contributed by atoms with E-state index in [4.69, 9.17) is 22.1 Å². The average Bonchev–Trinajstić information content (AvgIpc) is 2.41. The van der Waals surface area contributed by atoms with Gasteiger partial charge in [0.1, 0.15) is 5.75 Å². The average molecular weight is 266 g/mol. The molecule has 0 atom stereocenters. The summed E-state index contributed by atoms with van der Waals surface area (Å²) in [5, 5.41) is 0.582. The molecule has 0 heterocycles. The number of rotatable bonds is 3. The van der Waals surface area contributed by atoms with Gasteiger partial charge in [0, 0.05) is 11.6 Å². The molecule has 1 aromatic carbocycles. The smallest absolute Gasteiger partial charge is 0.128 e. The summed E-state index contributed by atoms with van der Waals surface area (Å²) in [7, 11) is 1.65. The number of methoxy groups -OCH3 is 1. The Bertz CT molecular complexity index is 436. The predicted octanol–water partition coefficient (Wildman–Crippen LogP) is 4.52. The molecule has 1 aliphatic rings. The third kappa shape index (κ3) is 3.20. The Morgan fingerprint density at radius 1 is 1.28 bits per heavy atom. The lowest BCUT2D eigenvalue weighted by Crippen LogP contribution is -2.02. The van der Waals surface area contributed by atoms with Gasteiger partial charge < -0.3 is 10.5 Å². The SMILES string of the molecule is COc1cc(N)c(Cl)cc1/C=C/C1CCCCC1. The van der Waals surface area contributed by atoms with Crippen LogP contribution in [0, 0.1) is 5.92 Å². The second-order valence-corrected chi connectivity index (χ2v) is 5.28. The topological polar surface area (TPSA) is 35.2 Å². The summed E-state index contributed by atoms with van der Waals surface area (Å²) in [6.07, 6.45) is 11.0. The fraction of sp³-hybridized carbons (Fsp3) is 0.467. The standard InChI is InChI=1S/C15H20ClNO/c1-18-15-10-14(17)13(16)9-12(15)8-7-11-5-3-2-4-6-11/h7-11H,2-6,17H2,1H3/b8-7+. The van der Waals surface area contributed by atoms with Crippen LogP contribution in [0.15, 0.2) is 18.2 Å². The molecular weight excluding hydrogens is 246 g/mol. The monoisotopic (exact) mass is 265 g/mol. The van der Waals surface area contributed by atoms with Crippen molar-refractivity contribution in [2.75, 3.05) is 12.8 Å². The fourth-order valence-corrected chi connectivity index (χ4v) is 2.63. The number of ether oxygens (including phenoxy) is 1. The van der Waals surface area contributed by atoms with Crippen LogP contribution >= 0.6 is 11.6 Å². The summed E-state index contributed by atoms with van der Waals surface area (Å²) in [6, 6.07) is 3.65. The summed E-state index contributed by atoms with van der Waals surface area (Å²) >= 11 is 6.05. The van der Waals surface area contributed by atoms with Crippen LogP contribution in [0.2, 0.25) is 5.02 Å². The lowest BCUT2D eigenvalue weighted by atomic mass is 9.89. The van der Waals surface area contributed by atoms with E-state index in [1.165, 1.54) is 32.1 Å². The lowest BCUT2D eigenvalue weighted by Gasteiger charge is -2.18. The zero-order valence-electron chi connectivity index (χ0n) is 10.8. The zero-order valence-corrected chi connectivity index (χ0v) is 11.5. The molecule has 0 spiro atoms. The summed E-state index contributed by atoms with van der Waals surface area (Å²) in [5.41, 5.74) is 7.33. The largest absolute Gasteiger partial charge is 0.496 e. The van der Waals surface area contributed by atoms with E-state index in [2.05, 4.69) is 12.2 Å². The van der Waals surface area contributed by atoms with Crippen molar-refractivity contribution >= 4 is 23.4 Å². The molecule has 0 bridgehead atoms. The molecule has 2 nitrogen and oxygen atoms in total. The van der Waals surface area contributed by atoms with Crippen molar-refractivity contribution in [3.8, 4) is 5.75 Å². The molecule has 0 amide bonds. The van der Waals surface area contributed by atoms with Crippen molar-refractivity contribution in [1.82, 2.24) is 0 Å². The summed E-state index contributed by atoms with van der Waals surface area (Å²) in [4.78, 5) is 0. The second kappa shape index (κ2) is 6.14. The third-order valence-corrected chi connectivity index (χ3v) is 3.87. The van der Waals surface area contributed by atoms with Crippen LogP contribution in [0.1, 0.15) is 37.7 Å². The van der Waals surface area contributed by atoms with Gasteiger partial charge in [-0.25, -0.2) is 0 Å². The molecule has 18 heavy (non-hydrogen) atoms. The highest BCUT2D eigenvalue weighted by molar-refractivity contribution is 6.33. The van der Waals surface area contributed by atoms with Crippen molar-refractivity contribution in [2.45, 2.75) is 32.1 Å². The Morgan fingerprint density at radius 2 is 2.00 bits per heavy atom. The number of nitrogens with two attached hydrogens (primary N) is 1. The van der Waals surface area contributed by atoms with Crippen LogP contribution in [0.4, 0.5) is 5.69 Å². The first-order chi connectivity index (χ1) is 8.70. The van der Waals surface area contributed by atoms with Crippen LogP contribution in [0.5, 0.6) is 5.75 Å². The van der Waals surface area contributed by atoms with E-state index in [-0.39, 0.29) is 0 Å². The number of anilines is 1. The molecule has 0 saturated heterocycles. The normalized spacial score (nSPS) is 17.2. The van der Waals surface area contributed by atoms with Gasteiger partial charge in [-0.2, -0.15) is 0 Å². The zero-order chi connectivity index (χ0) is 13.0. The van der Waals surface area contributed by atoms with E-state index in [1.807, 2.05) is 6.07 Å². The first-order valence-electron chi connectivity index (χ1n) is 6.52. The number of hydrogen-bond donors (Lipinski definition) is 1. The van der Waals surface area contributed by atoms with Crippen LogP contribution in [0.3, 0.4) is 0 Å². The van der Waals surface area contributed by atoms with Crippen molar-refractivity contribution in [3.63, 3.8) is 0 Å². The van der Waals surface area contributed by atoms with E-state index in [9.17, 15) is 0 Å². The van der Waals surface area contributed by atoms with Crippen molar-refractivity contribution in [3.05, 3.63) is 28.8 Å². The van der Waals surface area contributed by atoms with Gasteiger partial charge in [0.05, 0.1) is 17.8 Å². The highest BCUT2D eigenvalue weighted by Crippen LogP contribution is 2.31. The van der Waals surface area contributed by atoms with E-state index >= 15 is 0 Å². The Balaban J connectivity index is 2.16. The van der Waals surface area contributed by atoms with Crippen LogP contribution in [0.25, 0.3) is 6.08 Å². The number of hydrogen-bond acceptors (Lipinski definition) is 2. The maximum Gasteiger partial charge on any atom is 0.128 e. The van der Waals surface area contributed by atoms with Crippen LogP contribution in [-0.2, 0) is 0 Å². The maximum atomic E-state index is 6.05. The lowest BCUT2D eigenvalue weighted by molar-refractivity contribution is 0.413. The number of benzene rings is 1. The van der Waals surface area contributed by atoms with E-state index in [0.717, 1.165) is 11.3 Å². The maximum absolute atomic E-state index is 6.05. The molecule has 1 saturated carbocycles. The van der Waals surface area contributed by atoms with Crippen molar-refractivity contribution in [2.24, 2.45) is 5.92 Å². The van der Waals surface area contributed by atoms with E-state index in [0.29, 0.717) is 16.6 Å². The van der Waals surface area contributed by atoms with Gasteiger partial charge in [0.15, 0.2) is 0 Å². The molecule has 2 rings (SSSR count). The first-order valence-corrected chi connectivity index (χ1v) is 6.89. The Kier molecular flexibility index (Phi) is 4.54. The summed E-state index contributed by atoms with van der Waals surface area (Å²) < 4.78 is 5.33. The molecule has 3 heteroatoms. The number of halogens is 1. The minimum atomic E-state index is 0.559. The number of allylic oxidation sites excluding steroid dienone is 1. The van der Waals surface area contributed by atoms with Gasteiger partial charge in [0.25, 0.3) is 0 Å². The molecule has 0 unspecified atom stereocenters. The quantitative estimate of drug-likeness (QED) is 0.816. The molecule has 98 valence electrons. The van der Waals surface area contributed by atoms with Gasteiger partial charge in [-0.05, 0) is 24.8 Å². The van der Waals surface area contributed by atoms with Crippen molar-refractivity contribution in [1.29, 1.82) is 0 Å². The Morgan fingerprint density at radius 3 is 2.67 bits per heavy atom. The van der Waals surface area contributed by atoms with Crippen molar-refractivity contribution < 1.29 is 4.74 Å². The van der Waals surface area contributed by atoms with E-state index in [1.54, 1.807) is 13.2 Å². The fourth-order valence-electron chi connectivity index (χ4n) is 2.46. The molecule has 0 aromatic heterocycles. The molecule has 0 radical (unpaired) electrons. The Hall–Kier alpha value is -1.15. The highest BCUT2D eigenvalue weighted by atomic mass is 35.5. The highest BCUT2D eigenvalue weighted by Gasteiger charge is 2.11. The number of nitrogen functional groups attached to an aromatic ring is 1. The minimum Gasteiger partial charge on any atom is -0.496 e. The molecule has 1 fully saturated rings. The van der Waals surface area contributed by atoms with Gasteiger partial charge in [-0.15, -0.1) is 0 Å². The molecule has 1 aromatic rings. The molecule has 1 aliphatic carbocycles. The van der Waals surface area contributed by atoms with Crippen LogP contribution < -0.4 is 10.5 Å². The van der Waals surface area contributed by atoms with Crippen LogP contribution in [-0.4, -0.2) is 7.11 Å². The predicted molar refractivity (Wildman–Crippen MR) is 78.0 cm³/mol. The second-order valence-electron chi connectivity index (χ2n) is 4.87. The summed E-state index contributed by atoms with van der Waals surface area (Å²) in [5.74, 6) is 1.48. The Labute approximate surface area is 114 Å². The van der Waals surface area contributed by atoms with Gasteiger partial charge in [-0.1, -0.05) is 43.0 Å². The summed E-state index contributed by atoms with van der Waals surface area (Å²) in [6.45, 7) is 0. The van der Waals surface area contributed by atoms with E-state index < -0.39 is 0 Å². The van der Waals surface area contributed by atoms with Gasteiger partial charge >= 0.3 is 0 Å². The van der Waals surface area contributed by atoms with Gasteiger partial charge in [-0.3, -0.25) is 0 Å². The minimum absolute atomic E-state index is 0.559.